The van der Waals surface area contributed by atoms with Gasteiger partial charge >= 0.3 is 0 Å². The maximum absolute atomic E-state index is 2.54. The Hall–Kier alpha value is -0.0400. The smallest absolute Gasteiger partial charge is 0.00923 e. The highest BCUT2D eigenvalue weighted by Crippen LogP contribution is 2.24. The van der Waals surface area contributed by atoms with E-state index in [0.717, 1.165) is 12.0 Å². The summed E-state index contributed by atoms with van der Waals surface area (Å²) in [6.07, 6.45) is 6.90. The molecular formula is C13H29N. The Balaban J connectivity index is 0.000000500. The quantitative estimate of drug-likeness (QED) is 0.663. The van der Waals surface area contributed by atoms with E-state index in [2.05, 4.69) is 39.6 Å². The molecule has 0 saturated heterocycles. The Labute approximate surface area is 90.9 Å². The van der Waals surface area contributed by atoms with Crippen molar-refractivity contribution in [2.24, 2.45) is 5.92 Å². The van der Waals surface area contributed by atoms with E-state index < -0.39 is 0 Å². The molecule has 1 atom stereocenters. The third kappa shape index (κ3) is 5.64. The van der Waals surface area contributed by atoms with Gasteiger partial charge in [-0.05, 0) is 25.8 Å². The summed E-state index contributed by atoms with van der Waals surface area (Å²) in [6.45, 7) is 10.2. The first kappa shape index (κ1) is 14.0. The summed E-state index contributed by atoms with van der Waals surface area (Å²) in [5.74, 6) is 0.876. The van der Waals surface area contributed by atoms with E-state index in [0.29, 0.717) is 0 Å². The molecule has 1 rings (SSSR count). The molecule has 14 heavy (non-hydrogen) atoms. The Morgan fingerprint density at radius 1 is 1.21 bits per heavy atom. The fourth-order valence-electron chi connectivity index (χ4n) is 1.60. The average Bonchev–Trinajstić information content (AvgIpc) is 2.02. The van der Waals surface area contributed by atoms with Gasteiger partial charge in [-0.1, -0.05) is 47.0 Å². The van der Waals surface area contributed by atoms with Gasteiger partial charge in [0.05, 0.1) is 0 Å². The predicted octanol–water partition coefficient (Wildman–Crippen LogP) is 3.93. The molecule has 1 aliphatic rings. The van der Waals surface area contributed by atoms with Crippen LogP contribution in [0.3, 0.4) is 0 Å². The molecule has 1 aliphatic carbocycles. The minimum atomic E-state index is 0.876. The molecule has 86 valence electrons. The van der Waals surface area contributed by atoms with E-state index in [1.165, 1.54) is 38.6 Å². The molecule has 1 heteroatoms. The molecule has 0 radical (unpaired) electrons. The van der Waals surface area contributed by atoms with Gasteiger partial charge < -0.3 is 4.90 Å². The predicted molar refractivity (Wildman–Crippen MR) is 65.7 cm³/mol. The highest BCUT2D eigenvalue weighted by Gasteiger charge is 2.22. The van der Waals surface area contributed by atoms with Crippen LogP contribution >= 0.6 is 0 Å². The van der Waals surface area contributed by atoms with Crippen LogP contribution in [0.1, 0.15) is 59.8 Å². The monoisotopic (exact) mass is 199 g/mol. The third-order valence-electron chi connectivity index (χ3n) is 2.99. The van der Waals surface area contributed by atoms with Gasteiger partial charge in [0.2, 0.25) is 0 Å². The molecule has 0 amide bonds. The second-order valence-corrected chi connectivity index (χ2v) is 4.74. The molecule has 0 aromatic carbocycles. The minimum absolute atomic E-state index is 0.876. The second kappa shape index (κ2) is 8.28. The molecule has 0 spiro atoms. The van der Waals surface area contributed by atoms with Crippen LogP contribution in [0.15, 0.2) is 0 Å². The van der Waals surface area contributed by atoms with Crippen molar-refractivity contribution in [1.29, 1.82) is 0 Å². The molecule has 1 nitrogen and oxygen atoms in total. The largest absolute Gasteiger partial charge is 0.303 e. The fraction of sp³-hybridized carbons (Fsp3) is 1.00. The maximum Gasteiger partial charge on any atom is 0.00923 e. The average molecular weight is 199 g/mol. The van der Waals surface area contributed by atoms with Gasteiger partial charge in [-0.2, -0.15) is 0 Å². The van der Waals surface area contributed by atoms with Gasteiger partial charge in [0, 0.05) is 12.6 Å². The molecule has 0 aromatic heterocycles. The third-order valence-corrected chi connectivity index (χ3v) is 2.99. The lowest BCUT2D eigenvalue weighted by molar-refractivity contribution is 0.140. The van der Waals surface area contributed by atoms with Crippen LogP contribution in [0.25, 0.3) is 0 Å². The van der Waals surface area contributed by atoms with Gasteiger partial charge in [0.15, 0.2) is 0 Å². The van der Waals surface area contributed by atoms with Crippen molar-refractivity contribution in [3.05, 3.63) is 0 Å². The van der Waals surface area contributed by atoms with Crippen LogP contribution < -0.4 is 0 Å². The maximum atomic E-state index is 2.54. The summed E-state index contributed by atoms with van der Waals surface area (Å²) in [6, 6.07) is 0.920. The topological polar surface area (TPSA) is 3.24 Å². The number of hydrogen-bond donors (Lipinski definition) is 0. The van der Waals surface area contributed by atoms with E-state index >= 15 is 0 Å². The SMILES string of the molecule is CCC.CCC(C)CN(C)C1CCC1. The normalized spacial score (nSPS) is 18.4. The molecule has 0 heterocycles. The first-order valence-corrected chi connectivity index (χ1v) is 6.35. The zero-order valence-electron chi connectivity index (χ0n) is 10.8. The lowest BCUT2D eigenvalue weighted by atomic mass is 9.91. The first-order valence-electron chi connectivity index (χ1n) is 6.35. The van der Waals surface area contributed by atoms with E-state index in [9.17, 15) is 0 Å². The Bertz CT molecular complexity index is 118. The Kier molecular flexibility index (Phi) is 8.26. The van der Waals surface area contributed by atoms with Crippen molar-refractivity contribution in [3.63, 3.8) is 0 Å². The number of hydrogen-bond acceptors (Lipinski definition) is 1. The van der Waals surface area contributed by atoms with Crippen molar-refractivity contribution in [3.8, 4) is 0 Å². The number of nitrogens with zero attached hydrogens (tertiary/aromatic N) is 1. The molecule has 1 unspecified atom stereocenters. The van der Waals surface area contributed by atoms with Crippen LogP contribution in [-0.4, -0.2) is 24.5 Å². The van der Waals surface area contributed by atoms with Crippen LogP contribution in [-0.2, 0) is 0 Å². The van der Waals surface area contributed by atoms with Gasteiger partial charge in [0.1, 0.15) is 0 Å². The summed E-state index contributed by atoms with van der Waals surface area (Å²) >= 11 is 0. The van der Waals surface area contributed by atoms with Gasteiger partial charge in [0.25, 0.3) is 0 Å². The van der Waals surface area contributed by atoms with Crippen molar-refractivity contribution in [1.82, 2.24) is 4.90 Å². The van der Waals surface area contributed by atoms with Crippen molar-refractivity contribution in [2.45, 2.75) is 65.8 Å². The van der Waals surface area contributed by atoms with Gasteiger partial charge in [-0.25, -0.2) is 0 Å². The summed E-state index contributed by atoms with van der Waals surface area (Å²) in [7, 11) is 2.27. The Morgan fingerprint density at radius 2 is 1.71 bits per heavy atom. The van der Waals surface area contributed by atoms with Gasteiger partial charge in [-0.15, -0.1) is 0 Å². The lowest BCUT2D eigenvalue weighted by Crippen LogP contribution is -2.39. The second-order valence-electron chi connectivity index (χ2n) is 4.74. The lowest BCUT2D eigenvalue weighted by Gasteiger charge is -2.36. The first-order chi connectivity index (χ1) is 6.65. The van der Waals surface area contributed by atoms with Gasteiger partial charge in [-0.3, -0.25) is 0 Å². The molecule has 0 aliphatic heterocycles. The van der Waals surface area contributed by atoms with Crippen molar-refractivity contribution in [2.75, 3.05) is 13.6 Å². The number of rotatable bonds is 4. The molecule has 1 saturated carbocycles. The molecule has 0 aromatic rings. The highest BCUT2D eigenvalue weighted by molar-refractivity contribution is 4.78. The fourth-order valence-corrected chi connectivity index (χ4v) is 1.60. The Morgan fingerprint density at radius 3 is 2.00 bits per heavy atom. The van der Waals surface area contributed by atoms with E-state index in [1.54, 1.807) is 0 Å². The minimum Gasteiger partial charge on any atom is -0.303 e. The summed E-state index contributed by atoms with van der Waals surface area (Å²) in [5.41, 5.74) is 0. The van der Waals surface area contributed by atoms with Crippen LogP contribution in [0.2, 0.25) is 0 Å². The van der Waals surface area contributed by atoms with E-state index in [1.807, 2.05) is 0 Å². The van der Waals surface area contributed by atoms with Crippen molar-refractivity contribution < 1.29 is 0 Å². The van der Waals surface area contributed by atoms with E-state index in [4.69, 9.17) is 0 Å². The molecular weight excluding hydrogens is 170 g/mol. The zero-order chi connectivity index (χ0) is 11.0. The summed E-state index contributed by atoms with van der Waals surface area (Å²) < 4.78 is 0. The molecule has 1 fully saturated rings. The van der Waals surface area contributed by atoms with Crippen LogP contribution in [0, 0.1) is 5.92 Å². The highest BCUT2D eigenvalue weighted by atomic mass is 15.1. The summed E-state index contributed by atoms with van der Waals surface area (Å²) in [4.78, 5) is 2.54. The van der Waals surface area contributed by atoms with Crippen LogP contribution in [0.4, 0.5) is 0 Å². The van der Waals surface area contributed by atoms with E-state index in [-0.39, 0.29) is 0 Å². The van der Waals surface area contributed by atoms with Crippen molar-refractivity contribution >= 4 is 0 Å². The molecule has 0 bridgehead atoms. The zero-order valence-corrected chi connectivity index (χ0v) is 10.8. The standard InChI is InChI=1S/C10H21N.C3H8/c1-4-9(2)8-11(3)10-6-5-7-10;1-3-2/h9-10H,4-8H2,1-3H3;3H2,1-2H3. The van der Waals surface area contributed by atoms with Crippen LogP contribution in [0.5, 0.6) is 0 Å². The summed E-state index contributed by atoms with van der Waals surface area (Å²) in [5, 5.41) is 0. The molecule has 0 N–H and O–H groups in total.